The van der Waals surface area contributed by atoms with Crippen LogP contribution in [0.5, 0.6) is 0 Å². The fourth-order valence-electron chi connectivity index (χ4n) is 2.85. The van der Waals surface area contributed by atoms with Gasteiger partial charge in [0.25, 0.3) is 0 Å². The lowest BCUT2D eigenvalue weighted by atomic mass is 9.93. The lowest BCUT2D eigenvalue weighted by molar-refractivity contribution is 0.246. The van der Waals surface area contributed by atoms with E-state index >= 15 is 0 Å². The van der Waals surface area contributed by atoms with Crippen molar-refractivity contribution in [2.45, 2.75) is 52.1 Å². The van der Waals surface area contributed by atoms with E-state index in [2.05, 4.69) is 47.9 Å². The molecule has 0 amide bonds. The standard InChI is InChI=1S/C15H30N4/c1-12(18(5)13-6-7-13)10-17-14(16-4)19-9-8-15(2,3)11-19/h12-13H,6-11H2,1-5H3,(H,16,17). The van der Waals surface area contributed by atoms with Crippen LogP contribution in [0, 0.1) is 5.41 Å². The largest absolute Gasteiger partial charge is 0.355 e. The van der Waals surface area contributed by atoms with Crippen LogP contribution in [0.15, 0.2) is 4.99 Å². The second-order valence-electron chi connectivity index (χ2n) is 7.01. The Morgan fingerprint density at radius 1 is 1.47 bits per heavy atom. The molecule has 2 fully saturated rings. The zero-order valence-electron chi connectivity index (χ0n) is 13.2. The number of hydrogen-bond acceptors (Lipinski definition) is 2. The van der Waals surface area contributed by atoms with E-state index in [1.165, 1.54) is 19.3 Å². The predicted octanol–water partition coefficient (Wildman–Crippen LogP) is 1.78. The fourth-order valence-corrected chi connectivity index (χ4v) is 2.85. The van der Waals surface area contributed by atoms with Gasteiger partial charge >= 0.3 is 0 Å². The van der Waals surface area contributed by atoms with Crippen LogP contribution >= 0.6 is 0 Å². The monoisotopic (exact) mass is 266 g/mol. The molecule has 1 unspecified atom stereocenters. The van der Waals surface area contributed by atoms with Gasteiger partial charge in [-0.2, -0.15) is 0 Å². The van der Waals surface area contributed by atoms with Crippen LogP contribution in [-0.2, 0) is 0 Å². The third-order valence-electron chi connectivity index (χ3n) is 4.56. The van der Waals surface area contributed by atoms with E-state index in [1.54, 1.807) is 0 Å². The summed E-state index contributed by atoms with van der Waals surface area (Å²) in [5, 5.41) is 3.55. The van der Waals surface area contributed by atoms with E-state index in [4.69, 9.17) is 0 Å². The molecule has 1 aliphatic carbocycles. The quantitative estimate of drug-likeness (QED) is 0.621. The molecular formula is C15H30N4. The second-order valence-corrected chi connectivity index (χ2v) is 7.01. The molecule has 4 heteroatoms. The van der Waals surface area contributed by atoms with Gasteiger partial charge in [-0.1, -0.05) is 13.8 Å². The molecule has 2 aliphatic rings. The summed E-state index contributed by atoms with van der Waals surface area (Å²) in [4.78, 5) is 9.33. The smallest absolute Gasteiger partial charge is 0.193 e. The van der Waals surface area contributed by atoms with Gasteiger partial charge in [0.15, 0.2) is 5.96 Å². The van der Waals surface area contributed by atoms with Crippen LogP contribution in [0.1, 0.15) is 40.0 Å². The van der Waals surface area contributed by atoms with Crippen LogP contribution in [0.4, 0.5) is 0 Å². The summed E-state index contributed by atoms with van der Waals surface area (Å²) >= 11 is 0. The molecule has 4 nitrogen and oxygen atoms in total. The van der Waals surface area contributed by atoms with Crippen LogP contribution in [0.3, 0.4) is 0 Å². The Morgan fingerprint density at radius 2 is 2.16 bits per heavy atom. The molecular weight excluding hydrogens is 236 g/mol. The first-order chi connectivity index (χ1) is 8.93. The maximum Gasteiger partial charge on any atom is 0.193 e. The number of rotatable bonds is 4. The molecule has 1 saturated carbocycles. The van der Waals surface area contributed by atoms with Crippen molar-refractivity contribution in [3.63, 3.8) is 0 Å². The summed E-state index contributed by atoms with van der Waals surface area (Å²) in [5.74, 6) is 1.07. The van der Waals surface area contributed by atoms with E-state index in [9.17, 15) is 0 Å². The third kappa shape index (κ3) is 3.85. The highest BCUT2D eigenvalue weighted by atomic mass is 15.3. The number of nitrogens with zero attached hydrogens (tertiary/aromatic N) is 3. The van der Waals surface area contributed by atoms with Crippen LogP contribution in [-0.4, -0.2) is 61.6 Å². The second kappa shape index (κ2) is 5.70. The maximum atomic E-state index is 4.44. The Morgan fingerprint density at radius 3 is 2.63 bits per heavy atom. The Balaban J connectivity index is 1.80. The van der Waals surface area contributed by atoms with Gasteiger partial charge in [0.05, 0.1) is 0 Å². The van der Waals surface area contributed by atoms with Gasteiger partial charge in [-0.05, 0) is 38.6 Å². The molecule has 0 spiro atoms. The zero-order chi connectivity index (χ0) is 14.0. The van der Waals surface area contributed by atoms with Crippen molar-refractivity contribution < 1.29 is 0 Å². The minimum Gasteiger partial charge on any atom is -0.355 e. The molecule has 1 saturated heterocycles. The summed E-state index contributed by atoms with van der Waals surface area (Å²) < 4.78 is 0. The summed E-state index contributed by atoms with van der Waals surface area (Å²) in [6.07, 6.45) is 4.00. The lowest BCUT2D eigenvalue weighted by Gasteiger charge is -2.28. The van der Waals surface area contributed by atoms with Gasteiger partial charge in [-0.15, -0.1) is 0 Å². The van der Waals surface area contributed by atoms with Crippen molar-refractivity contribution in [2.24, 2.45) is 10.4 Å². The molecule has 110 valence electrons. The minimum atomic E-state index is 0.425. The highest BCUT2D eigenvalue weighted by molar-refractivity contribution is 5.80. The molecule has 1 atom stereocenters. The first-order valence-corrected chi connectivity index (χ1v) is 7.60. The Labute approximate surface area is 118 Å². The predicted molar refractivity (Wildman–Crippen MR) is 81.6 cm³/mol. The average molecular weight is 266 g/mol. The van der Waals surface area contributed by atoms with Gasteiger partial charge in [-0.3, -0.25) is 9.89 Å². The molecule has 1 aliphatic heterocycles. The lowest BCUT2D eigenvalue weighted by Crippen LogP contribution is -2.46. The van der Waals surface area contributed by atoms with E-state index in [0.29, 0.717) is 11.5 Å². The van der Waals surface area contributed by atoms with Crippen LogP contribution < -0.4 is 5.32 Å². The number of likely N-dealkylation sites (tertiary alicyclic amines) is 1. The van der Waals surface area contributed by atoms with Crippen molar-refractivity contribution in [3.05, 3.63) is 0 Å². The summed E-state index contributed by atoms with van der Waals surface area (Å²) in [6, 6.07) is 1.39. The van der Waals surface area contributed by atoms with Crippen molar-refractivity contribution in [3.8, 4) is 0 Å². The van der Waals surface area contributed by atoms with Gasteiger partial charge in [-0.25, -0.2) is 0 Å². The third-order valence-corrected chi connectivity index (χ3v) is 4.56. The molecule has 1 N–H and O–H groups in total. The van der Waals surface area contributed by atoms with E-state index < -0.39 is 0 Å². The minimum absolute atomic E-state index is 0.425. The van der Waals surface area contributed by atoms with Crippen molar-refractivity contribution >= 4 is 5.96 Å². The Bertz CT molecular complexity index is 333. The highest BCUT2D eigenvalue weighted by Crippen LogP contribution is 2.29. The molecule has 19 heavy (non-hydrogen) atoms. The number of hydrogen-bond donors (Lipinski definition) is 1. The zero-order valence-corrected chi connectivity index (χ0v) is 13.2. The van der Waals surface area contributed by atoms with E-state index in [0.717, 1.165) is 31.6 Å². The normalized spacial score (nSPS) is 24.9. The molecule has 0 aromatic carbocycles. The Kier molecular flexibility index (Phi) is 4.39. The summed E-state index contributed by atoms with van der Waals surface area (Å²) in [5.41, 5.74) is 0.425. The topological polar surface area (TPSA) is 30.9 Å². The van der Waals surface area contributed by atoms with Gasteiger partial charge in [0.1, 0.15) is 0 Å². The maximum absolute atomic E-state index is 4.44. The van der Waals surface area contributed by atoms with E-state index in [1.807, 2.05) is 7.05 Å². The molecule has 1 heterocycles. The number of guanidine groups is 1. The number of likely N-dealkylation sites (N-methyl/N-ethyl adjacent to an activating group) is 1. The number of aliphatic imine (C=N–C) groups is 1. The van der Waals surface area contributed by atoms with Crippen molar-refractivity contribution in [1.82, 2.24) is 15.1 Å². The molecule has 0 radical (unpaired) electrons. The van der Waals surface area contributed by atoms with Crippen LogP contribution in [0.2, 0.25) is 0 Å². The van der Waals surface area contributed by atoms with E-state index in [-0.39, 0.29) is 0 Å². The molecule has 0 aromatic rings. The summed E-state index contributed by atoms with van der Waals surface area (Å²) in [7, 11) is 4.13. The first-order valence-electron chi connectivity index (χ1n) is 7.60. The molecule has 2 rings (SSSR count). The fraction of sp³-hybridized carbons (Fsp3) is 0.933. The number of nitrogens with one attached hydrogen (secondary N) is 1. The van der Waals surface area contributed by atoms with Gasteiger partial charge in [0, 0.05) is 38.8 Å². The average Bonchev–Trinajstić information content (AvgIpc) is 3.14. The van der Waals surface area contributed by atoms with Gasteiger partial charge in [0.2, 0.25) is 0 Å². The first kappa shape index (κ1) is 14.6. The summed E-state index contributed by atoms with van der Waals surface area (Å²) in [6.45, 7) is 10.2. The van der Waals surface area contributed by atoms with Gasteiger partial charge < -0.3 is 10.2 Å². The van der Waals surface area contributed by atoms with Crippen molar-refractivity contribution in [2.75, 3.05) is 33.7 Å². The Hall–Kier alpha value is -0.770. The molecule has 0 aromatic heterocycles. The highest BCUT2D eigenvalue weighted by Gasteiger charge is 2.32. The SMILES string of the molecule is CN=C(NCC(C)N(C)C1CC1)N1CCC(C)(C)C1. The van der Waals surface area contributed by atoms with Crippen LogP contribution in [0.25, 0.3) is 0 Å². The molecule has 0 bridgehead atoms. The van der Waals surface area contributed by atoms with Crippen molar-refractivity contribution in [1.29, 1.82) is 0 Å².